The third-order valence-corrected chi connectivity index (χ3v) is 1.76. The smallest absolute Gasteiger partial charge is 0.0906 e. The molecule has 0 atom stereocenters. The van der Waals surface area contributed by atoms with Crippen LogP contribution in [0.15, 0.2) is 0 Å². The maximum Gasteiger partial charge on any atom is 0.0906 e. The third kappa shape index (κ3) is 2.62. The summed E-state index contributed by atoms with van der Waals surface area (Å²) in [6, 6.07) is 0. The van der Waals surface area contributed by atoms with Crippen molar-refractivity contribution in [3.8, 4) is 0 Å². The quantitative estimate of drug-likeness (QED) is 0.557. The molecule has 1 aliphatic heterocycles. The zero-order chi connectivity index (χ0) is 7.23. The molecule has 1 rings (SSSR count). The Kier molecular flexibility index (Phi) is 3.68. The monoisotopic (exact) mass is 145 g/mol. The number of hydrogen-bond acceptors (Lipinski definition) is 1. The van der Waals surface area contributed by atoms with Gasteiger partial charge in [0.15, 0.2) is 0 Å². The van der Waals surface area contributed by atoms with E-state index in [-0.39, 0.29) is 6.67 Å². The summed E-state index contributed by atoms with van der Waals surface area (Å²) < 4.78 is 11.7. The Morgan fingerprint density at radius 1 is 1.30 bits per heavy atom. The molecular formula is C7H14FN2. The van der Waals surface area contributed by atoms with Crippen molar-refractivity contribution in [3.63, 3.8) is 0 Å². The van der Waals surface area contributed by atoms with Gasteiger partial charge in [-0.05, 0) is 6.42 Å². The van der Waals surface area contributed by atoms with Crippen molar-refractivity contribution in [3.05, 3.63) is 0 Å². The highest BCUT2D eigenvalue weighted by Gasteiger charge is 2.08. The standard InChI is InChI=1S/C7H14FN2/c8-2-1-5-10-6-3-9-4-7-10/h1-7H2. The molecule has 0 aromatic heterocycles. The fourth-order valence-electron chi connectivity index (χ4n) is 1.15. The first-order valence-electron chi connectivity index (χ1n) is 3.85. The number of alkyl halides is 1. The van der Waals surface area contributed by atoms with Crippen LogP contribution in [0.5, 0.6) is 0 Å². The Bertz CT molecular complexity index is 81.7. The van der Waals surface area contributed by atoms with Gasteiger partial charge in [0.05, 0.1) is 6.67 Å². The molecule has 0 aromatic rings. The van der Waals surface area contributed by atoms with Crippen LogP contribution in [-0.2, 0) is 0 Å². The first kappa shape index (κ1) is 7.95. The van der Waals surface area contributed by atoms with Crippen LogP contribution in [0.2, 0.25) is 0 Å². The second-order valence-electron chi connectivity index (χ2n) is 2.55. The van der Waals surface area contributed by atoms with E-state index in [0.717, 1.165) is 32.7 Å². The molecule has 0 N–H and O–H groups in total. The van der Waals surface area contributed by atoms with E-state index in [2.05, 4.69) is 10.2 Å². The normalized spacial score (nSPS) is 21.3. The average Bonchev–Trinajstić information content (AvgIpc) is 2.03. The van der Waals surface area contributed by atoms with Gasteiger partial charge in [0.2, 0.25) is 0 Å². The van der Waals surface area contributed by atoms with E-state index < -0.39 is 0 Å². The summed E-state index contributed by atoms with van der Waals surface area (Å²) in [6.45, 7) is 4.65. The Balaban J connectivity index is 2.02. The van der Waals surface area contributed by atoms with E-state index in [1.54, 1.807) is 0 Å². The summed E-state index contributed by atoms with van der Waals surface area (Å²) in [5.74, 6) is 0. The van der Waals surface area contributed by atoms with Crippen LogP contribution in [0.4, 0.5) is 4.39 Å². The van der Waals surface area contributed by atoms with Gasteiger partial charge < -0.3 is 4.90 Å². The number of rotatable bonds is 3. The van der Waals surface area contributed by atoms with Crippen LogP contribution in [0.25, 0.3) is 0 Å². The lowest BCUT2D eigenvalue weighted by atomic mass is 10.3. The van der Waals surface area contributed by atoms with Crippen molar-refractivity contribution in [1.29, 1.82) is 0 Å². The molecule has 0 unspecified atom stereocenters. The van der Waals surface area contributed by atoms with Crippen molar-refractivity contribution in [2.45, 2.75) is 6.42 Å². The van der Waals surface area contributed by atoms with Gasteiger partial charge in [-0.15, -0.1) is 0 Å². The lowest BCUT2D eigenvalue weighted by molar-refractivity contribution is 0.228. The van der Waals surface area contributed by atoms with Gasteiger partial charge in [-0.1, -0.05) is 0 Å². The summed E-state index contributed by atoms with van der Waals surface area (Å²) in [4.78, 5) is 2.27. The summed E-state index contributed by atoms with van der Waals surface area (Å²) in [7, 11) is 0. The molecule has 59 valence electrons. The highest BCUT2D eigenvalue weighted by Crippen LogP contribution is 1.94. The minimum atomic E-state index is -0.187. The second-order valence-corrected chi connectivity index (χ2v) is 2.55. The molecule has 1 fully saturated rings. The molecule has 2 nitrogen and oxygen atoms in total. The lowest BCUT2D eigenvalue weighted by Gasteiger charge is -2.25. The third-order valence-electron chi connectivity index (χ3n) is 1.76. The highest BCUT2D eigenvalue weighted by atomic mass is 19.1. The van der Waals surface area contributed by atoms with Crippen molar-refractivity contribution in [2.75, 3.05) is 39.4 Å². The Hall–Kier alpha value is -0.150. The van der Waals surface area contributed by atoms with E-state index in [9.17, 15) is 4.39 Å². The van der Waals surface area contributed by atoms with Crippen molar-refractivity contribution in [1.82, 2.24) is 10.2 Å². The fraction of sp³-hybridized carbons (Fsp3) is 1.00. The minimum absolute atomic E-state index is 0.187. The molecule has 0 aliphatic carbocycles. The van der Waals surface area contributed by atoms with E-state index >= 15 is 0 Å². The summed E-state index contributed by atoms with van der Waals surface area (Å²) >= 11 is 0. The molecule has 0 saturated carbocycles. The predicted molar refractivity (Wildman–Crippen MR) is 38.9 cm³/mol. The maximum atomic E-state index is 11.7. The summed E-state index contributed by atoms with van der Waals surface area (Å²) in [6.07, 6.45) is 0.681. The Morgan fingerprint density at radius 3 is 2.60 bits per heavy atom. The molecular weight excluding hydrogens is 131 g/mol. The van der Waals surface area contributed by atoms with Gasteiger partial charge in [-0.3, -0.25) is 4.39 Å². The maximum absolute atomic E-state index is 11.7. The zero-order valence-electron chi connectivity index (χ0n) is 6.22. The van der Waals surface area contributed by atoms with Crippen LogP contribution in [0.3, 0.4) is 0 Å². The molecule has 3 heteroatoms. The van der Waals surface area contributed by atoms with Gasteiger partial charge >= 0.3 is 0 Å². The van der Waals surface area contributed by atoms with Crippen molar-refractivity contribution >= 4 is 0 Å². The number of halogens is 1. The van der Waals surface area contributed by atoms with Gasteiger partial charge in [0.25, 0.3) is 0 Å². The number of nitrogens with zero attached hydrogens (tertiary/aromatic N) is 2. The molecule has 0 spiro atoms. The zero-order valence-corrected chi connectivity index (χ0v) is 6.22. The summed E-state index contributed by atoms with van der Waals surface area (Å²) in [5, 5.41) is 4.20. The van der Waals surface area contributed by atoms with Crippen LogP contribution in [0, 0.1) is 0 Å². The van der Waals surface area contributed by atoms with E-state index in [4.69, 9.17) is 0 Å². The number of hydrogen-bond donors (Lipinski definition) is 0. The average molecular weight is 145 g/mol. The molecule has 0 aromatic carbocycles. The van der Waals surface area contributed by atoms with E-state index in [1.807, 2.05) is 0 Å². The summed E-state index contributed by atoms with van der Waals surface area (Å²) in [5.41, 5.74) is 0. The van der Waals surface area contributed by atoms with Crippen LogP contribution in [-0.4, -0.2) is 44.3 Å². The van der Waals surface area contributed by atoms with E-state index in [1.165, 1.54) is 0 Å². The number of piperazine rings is 1. The molecule has 10 heavy (non-hydrogen) atoms. The van der Waals surface area contributed by atoms with Crippen LogP contribution < -0.4 is 5.32 Å². The van der Waals surface area contributed by atoms with Gasteiger partial charge in [-0.2, -0.15) is 0 Å². The fourth-order valence-corrected chi connectivity index (χ4v) is 1.15. The second kappa shape index (κ2) is 4.63. The van der Waals surface area contributed by atoms with Crippen molar-refractivity contribution < 1.29 is 4.39 Å². The predicted octanol–water partition coefficient (Wildman–Crippen LogP) is 0.266. The first-order chi connectivity index (χ1) is 4.93. The molecule has 1 aliphatic rings. The molecule has 1 heterocycles. The van der Waals surface area contributed by atoms with E-state index in [0.29, 0.717) is 6.42 Å². The molecule has 0 amide bonds. The largest absolute Gasteiger partial charge is 0.301 e. The van der Waals surface area contributed by atoms with Gasteiger partial charge in [0, 0.05) is 32.7 Å². The Morgan fingerprint density at radius 2 is 2.00 bits per heavy atom. The van der Waals surface area contributed by atoms with Crippen LogP contribution in [0.1, 0.15) is 6.42 Å². The molecule has 0 bridgehead atoms. The minimum Gasteiger partial charge on any atom is -0.301 e. The lowest BCUT2D eigenvalue weighted by Crippen LogP contribution is -2.40. The molecule has 1 radical (unpaired) electrons. The SMILES string of the molecule is FCCCN1CC[N]CC1. The topological polar surface area (TPSA) is 17.3 Å². The highest BCUT2D eigenvalue weighted by molar-refractivity contribution is 4.66. The molecule has 1 saturated heterocycles. The first-order valence-corrected chi connectivity index (χ1v) is 3.85. The Labute approximate surface area is 61.4 Å². The van der Waals surface area contributed by atoms with Gasteiger partial charge in [-0.25, -0.2) is 5.32 Å². The van der Waals surface area contributed by atoms with Crippen LogP contribution >= 0.6 is 0 Å². The van der Waals surface area contributed by atoms with Gasteiger partial charge in [0.1, 0.15) is 0 Å². The van der Waals surface area contributed by atoms with Crippen molar-refractivity contribution in [2.24, 2.45) is 0 Å².